The maximum atomic E-state index is 5.21. The number of halogens is 3. The summed E-state index contributed by atoms with van der Waals surface area (Å²) in [5.74, 6) is 7.78. The van der Waals surface area contributed by atoms with Crippen LogP contribution >= 0.6 is 34.8 Å². The fourth-order valence-electron chi connectivity index (χ4n) is 0.670. The first-order chi connectivity index (χ1) is 7.30. The highest BCUT2D eigenvalue weighted by molar-refractivity contribution is 6.30. The number of aromatic nitrogens is 3. The van der Waals surface area contributed by atoms with Gasteiger partial charge in [0.05, 0.1) is 0 Å². The van der Waals surface area contributed by atoms with Gasteiger partial charge in [0.1, 0.15) is 0 Å². The molecule has 0 atom stereocenters. The van der Waals surface area contributed by atoms with Gasteiger partial charge in [-0.15, -0.1) is 0 Å². The van der Waals surface area contributed by atoms with Crippen LogP contribution < -0.4 is 0 Å². The second-order valence-corrected chi connectivity index (χ2v) is 2.53. The first-order valence-corrected chi connectivity index (χ1v) is 4.54. The predicted molar refractivity (Wildman–Crippen MR) is 58.0 cm³/mol. The molecule has 0 bridgehead atoms. The number of hydrogen-bond acceptors (Lipinski definition) is 3. The zero-order valence-electron chi connectivity index (χ0n) is 6.98. The van der Waals surface area contributed by atoms with E-state index in [0.717, 1.165) is 0 Å². The molecule has 1 heterocycles. The molecule has 3 nitrogen and oxygen atoms in total. The van der Waals surface area contributed by atoms with E-state index < -0.39 is 0 Å². The van der Waals surface area contributed by atoms with E-state index in [0.29, 0.717) is 0 Å². The average molecular weight is 256 g/mol. The average Bonchev–Trinajstić information content (AvgIpc) is 2.19. The first-order valence-electron chi connectivity index (χ1n) is 3.41. The van der Waals surface area contributed by atoms with E-state index in [9.17, 15) is 0 Å². The lowest BCUT2D eigenvalue weighted by molar-refractivity contribution is 0.977. The van der Waals surface area contributed by atoms with Crippen LogP contribution in [0.4, 0.5) is 0 Å². The van der Waals surface area contributed by atoms with E-state index in [-0.39, 0.29) is 17.5 Å². The molecule has 0 radical (unpaired) electrons. The van der Waals surface area contributed by atoms with Crippen LogP contribution in [0.5, 0.6) is 0 Å². The van der Waals surface area contributed by atoms with E-state index >= 15 is 0 Å². The molecule has 1 aromatic rings. The van der Waals surface area contributed by atoms with Gasteiger partial charge in [0.25, 0.3) is 0 Å². The van der Waals surface area contributed by atoms with Crippen LogP contribution in [-0.2, 0) is 0 Å². The predicted octanol–water partition coefficient (Wildman–Crippen LogP) is 1.52. The summed E-state index contributed by atoms with van der Waals surface area (Å²) in [6, 6.07) is 0. The summed E-state index contributed by atoms with van der Waals surface area (Å²) in [5.41, 5.74) is 0. The molecule has 0 aliphatic heterocycles. The van der Waals surface area contributed by atoms with E-state index in [2.05, 4.69) is 48.9 Å². The van der Waals surface area contributed by atoms with Gasteiger partial charge in [-0.05, 0) is 52.6 Å². The molecule has 0 saturated heterocycles. The van der Waals surface area contributed by atoms with Gasteiger partial charge in [0, 0.05) is 16.1 Å². The van der Waals surface area contributed by atoms with E-state index in [4.69, 9.17) is 34.8 Å². The van der Waals surface area contributed by atoms with Crippen LogP contribution in [0.15, 0.2) is 0 Å². The van der Waals surface area contributed by atoms with Crippen molar-refractivity contribution in [3.63, 3.8) is 0 Å². The molecule has 0 aliphatic carbocycles. The zero-order chi connectivity index (χ0) is 11.1. The number of rotatable bonds is 0. The summed E-state index contributed by atoms with van der Waals surface area (Å²) >= 11 is 15.6. The van der Waals surface area contributed by atoms with Crippen molar-refractivity contribution in [3.8, 4) is 33.9 Å². The van der Waals surface area contributed by atoms with Crippen molar-refractivity contribution in [2.75, 3.05) is 0 Å². The van der Waals surface area contributed by atoms with Crippen molar-refractivity contribution in [2.45, 2.75) is 0 Å². The summed E-state index contributed by atoms with van der Waals surface area (Å²) in [7, 11) is 0. The van der Waals surface area contributed by atoms with Gasteiger partial charge < -0.3 is 0 Å². The Bertz CT molecular complexity index is 456. The van der Waals surface area contributed by atoms with Crippen molar-refractivity contribution in [2.24, 2.45) is 0 Å². The lowest BCUT2D eigenvalue weighted by Gasteiger charge is -1.92. The molecule has 0 spiro atoms. The third-order valence-electron chi connectivity index (χ3n) is 1.11. The molecule has 0 N–H and O–H groups in total. The molecule has 1 aromatic heterocycles. The number of hydrogen-bond donors (Lipinski definition) is 0. The van der Waals surface area contributed by atoms with Crippen molar-refractivity contribution < 1.29 is 0 Å². The second kappa shape index (κ2) is 6.12. The van der Waals surface area contributed by atoms with E-state index in [1.165, 1.54) is 0 Å². The van der Waals surface area contributed by atoms with Gasteiger partial charge in [0.2, 0.25) is 17.5 Å². The molecule has 0 amide bonds. The quantitative estimate of drug-likeness (QED) is 0.661. The molecule has 0 fully saturated rings. The molecular formula is C9Cl3N3. The minimum Gasteiger partial charge on any atom is -0.192 e. The van der Waals surface area contributed by atoms with Gasteiger partial charge in [-0.3, -0.25) is 0 Å². The van der Waals surface area contributed by atoms with Gasteiger partial charge in [-0.25, -0.2) is 0 Å². The van der Waals surface area contributed by atoms with Gasteiger partial charge in [0.15, 0.2) is 0 Å². The van der Waals surface area contributed by atoms with Crippen molar-refractivity contribution in [1.29, 1.82) is 0 Å². The van der Waals surface area contributed by atoms with Crippen LogP contribution in [0.1, 0.15) is 17.5 Å². The van der Waals surface area contributed by atoms with Crippen molar-refractivity contribution in [1.82, 2.24) is 15.0 Å². The van der Waals surface area contributed by atoms with Crippen LogP contribution in [0, 0.1) is 33.9 Å². The Morgan fingerprint density at radius 1 is 0.600 bits per heavy atom. The molecule has 0 aliphatic rings. The molecule has 0 saturated carbocycles. The van der Waals surface area contributed by atoms with Crippen molar-refractivity contribution in [3.05, 3.63) is 17.5 Å². The standard InChI is InChI=1S/C9Cl3N3/c10-4-1-7-13-8(2-5-11)15-9(14-7)3-6-12. The number of nitrogens with zero attached hydrogens (tertiary/aromatic N) is 3. The maximum absolute atomic E-state index is 5.21. The molecule has 0 unspecified atom stereocenters. The Hall–Kier alpha value is -1.44. The van der Waals surface area contributed by atoms with Crippen LogP contribution in [0.2, 0.25) is 0 Å². The Morgan fingerprint density at radius 2 is 0.867 bits per heavy atom. The van der Waals surface area contributed by atoms with E-state index in [1.807, 2.05) is 0 Å². The summed E-state index contributed by atoms with van der Waals surface area (Å²) in [6.07, 6.45) is 0. The summed E-state index contributed by atoms with van der Waals surface area (Å²) in [6.45, 7) is 0. The minimum atomic E-state index is 0.156. The third-order valence-corrected chi connectivity index (χ3v) is 1.40. The van der Waals surface area contributed by atoms with E-state index in [1.54, 1.807) is 0 Å². The maximum Gasteiger partial charge on any atom is 0.211 e. The monoisotopic (exact) mass is 255 g/mol. The molecular weight excluding hydrogens is 256 g/mol. The second-order valence-electron chi connectivity index (χ2n) is 1.96. The molecule has 1 rings (SSSR count). The highest BCUT2D eigenvalue weighted by atomic mass is 35.5. The fourth-order valence-corrected chi connectivity index (χ4v) is 0.924. The van der Waals surface area contributed by atoms with Gasteiger partial charge >= 0.3 is 0 Å². The lowest BCUT2D eigenvalue weighted by atomic mass is 10.5. The fraction of sp³-hybridized carbons (Fsp3) is 0. The Morgan fingerprint density at radius 3 is 1.07 bits per heavy atom. The highest BCUT2D eigenvalue weighted by Gasteiger charge is 2.00. The zero-order valence-corrected chi connectivity index (χ0v) is 9.24. The minimum absolute atomic E-state index is 0.156. The molecule has 6 heteroatoms. The largest absolute Gasteiger partial charge is 0.211 e. The smallest absolute Gasteiger partial charge is 0.192 e. The van der Waals surface area contributed by atoms with Crippen LogP contribution in [0.3, 0.4) is 0 Å². The molecule has 72 valence electrons. The first kappa shape index (κ1) is 11.6. The Labute approximate surface area is 101 Å². The topological polar surface area (TPSA) is 38.7 Å². The Balaban J connectivity index is 3.31. The van der Waals surface area contributed by atoms with Crippen molar-refractivity contribution >= 4 is 34.8 Å². The van der Waals surface area contributed by atoms with Gasteiger partial charge in [-0.2, -0.15) is 15.0 Å². The summed E-state index contributed by atoms with van der Waals surface area (Å²) in [5, 5.41) is 6.39. The van der Waals surface area contributed by atoms with Crippen LogP contribution in [-0.4, -0.2) is 15.0 Å². The lowest BCUT2D eigenvalue weighted by Crippen LogP contribution is -2.00. The highest BCUT2D eigenvalue weighted by Crippen LogP contribution is 1.94. The molecule has 15 heavy (non-hydrogen) atoms. The normalized spacial score (nSPS) is 7.40. The summed E-state index contributed by atoms with van der Waals surface area (Å²) in [4.78, 5) is 11.5. The molecule has 0 aromatic carbocycles. The Kier molecular flexibility index (Phi) is 4.75. The SMILES string of the molecule is ClC#Cc1nc(C#CCl)nc(C#CCl)n1. The summed E-state index contributed by atoms with van der Waals surface area (Å²) < 4.78 is 0. The van der Waals surface area contributed by atoms with Gasteiger partial charge in [-0.1, -0.05) is 0 Å². The third kappa shape index (κ3) is 3.66. The van der Waals surface area contributed by atoms with Crippen LogP contribution in [0.25, 0.3) is 0 Å².